The third kappa shape index (κ3) is 4.61. The minimum Gasteiger partial charge on any atom is -0.386 e. The minimum atomic E-state index is -0.670. The molecule has 7 heteroatoms. The van der Waals surface area contributed by atoms with Crippen LogP contribution in [0.2, 0.25) is 5.02 Å². The van der Waals surface area contributed by atoms with Crippen LogP contribution in [0.4, 0.5) is 5.69 Å². The van der Waals surface area contributed by atoms with E-state index in [0.717, 1.165) is 42.5 Å². The molecule has 3 N–H and O–H groups in total. The van der Waals surface area contributed by atoms with Crippen molar-refractivity contribution in [1.29, 1.82) is 0 Å². The molecule has 25 heavy (non-hydrogen) atoms. The van der Waals surface area contributed by atoms with E-state index >= 15 is 0 Å². The van der Waals surface area contributed by atoms with Gasteiger partial charge in [0.25, 0.3) is 0 Å². The van der Waals surface area contributed by atoms with Crippen molar-refractivity contribution in [3.8, 4) is 0 Å². The van der Waals surface area contributed by atoms with Gasteiger partial charge in [-0.05, 0) is 42.0 Å². The number of nitrogens with zero attached hydrogens (tertiary/aromatic N) is 4. The Balaban J connectivity index is 1.52. The Morgan fingerprint density at radius 1 is 1.12 bits per heavy atom. The van der Waals surface area contributed by atoms with E-state index in [4.69, 9.17) is 17.3 Å². The Morgan fingerprint density at radius 2 is 1.76 bits per heavy atom. The van der Waals surface area contributed by atoms with E-state index in [-0.39, 0.29) is 6.54 Å². The first-order valence-electron chi connectivity index (χ1n) is 8.27. The third-order valence-corrected chi connectivity index (χ3v) is 4.56. The lowest BCUT2D eigenvalue weighted by Crippen LogP contribution is -2.51. The van der Waals surface area contributed by atoms with Gasteiger partial charge in [0.05, 0.1) is 12.6 Å². The highest BCUT2D eigenvalue weighted by molar-refractivity contribution is 6.30. The average Bonchev–Trinajstić information content (AvgIpc) is 2.67. The molecule has 0 spiro atoms. The van der Waals surface area contributed by atoms with Crippen molar-refractivity contribution in [1.82, 2.24) is 9.88 Å². The van der Waals surface area contributed by atoms with Gasteiger partial charge in [-0.25, -0.2) is 0 Å². The Bertz CT molecular complexity index is 699. The fourth-order valence-electron chi connectivity index (χ4n) is 2.82. The fraction of sp³-hybridized carbons (Fsp3) is 0.333. The summed E-state index contributed by atoms with van der Waals surface area (Å²) in [6.45, 7) is 3.56. The number of guanidine groups is 1. The molecule has 0 amide bonds. The second-order valence-electron chi connectivity index (χ2n) is 5.95. The maximum absolute atomic E-state index is 10.2. The highest BCUT2D eigenvalue weighted by atomic mass is 35.5. The third-order valence-electron chi connectivity index (χ3n) is 4.31. The van der Waals surface area contributed by atoms with E-state index in [0.29, 0.717) is 5.96 Å². The van der Waals surface area contributed by atoms with E-state index in [2.05, 4.69) is 14.9 Å². The minimum absolute atomic E-state index is 0.243. The van der Waals surface area contributed by atoms with E-state index in [1.165, 1.54) is 0 Å². The molecule has 1 aliphatic rings. The van der Waals surface area contributed by atoms with E-state index in [1.807, 2.05) is 29.2 Å². The van der Waals surface area contributed by atoms with Crippen molar-refractivity contribution in [3.63, 3.8) is 0 Å². The molecule has 1 aromatic heterocycles. The molecule has 1 unspecified atom stereocenters. The Morgan fingerprint density at radius 3 is 2.40 bits per heavy atom. The molecule has 0 radical (unpaired) electrons. The molecule has 1 aromatic carbocycles. The van der Waals surface area contributed by atoms with Gasteiger partial charge < -0.3 is 20.6 Å². The van der Waals surface area contributed by atoms with Crippen LogP contribution in [0.15, 0.2) is 53.8 Å². The number of aliphatic hydroxyl groups excluding tert-OH is 1. The summed E-state index contributed by atoms with van der Waals surface area (Å²) >= 11 is 5.94. The van der Waals surface area contributed by atoms with Crippen LogP contribution in [0.5, 0.6) is 0 Å². The van der Waals surface area contributed by atoms with Crippen molar-refractivity contribution < 1.29 is 5.11 Å². The lowest BCUT2D eigenvalue weighted by molar-refractivity contribution is 0.186. The number of piperazine rings is 1. The predicted molar refractivity (Wildman–Crippen MR) is 101 cm³/mol. The van der Waals surface area contributed by atoms with Crippen molar-refractivity contribution >= 4 is 23.2 Å². The number of hydrogen-bond acceptors (Lipinski definition) is 4. The normalized spacial score (nSPS) is 16.8. The number of hydrogen-bond donors (Lipinski definition) is 2. The van der Waals surface area contributed by atoms with E-state index in [9.17, 15) is 5.11 Å². The number of pyridine rings is 1. The monoisotopic (exact) mass is 359 g/mol. The summed E-state index contributed by atoms with van der Waals surface area (Å²) in [7, 11) is 0. The summed E-state index contributed by atoms with van der Waals surface area (Å²) in [6, 6.07) is 11.4. The molecule has 132 valence electrons. The predicted octanol–water partition coefficient (Wildman–Crippen LogP) is 1.91. The zero-order chi connectivity index (χ0) is 17.6. The average molecular weight is 360 g/mol. The van der Waals surface area contributed by atoms with Gasteiger partial charge in [-0.3, -0.25) is 9.98 Å². The molecular formula is C18H22ClN5O. The summed E-state index contributed by atoms with van der Waals surface area (Å²) in [6.07, 6.45) is 2.64. The van der Waals surface area contributed by atoms with Crippen LogP contribution in [0.1, 0.15) is 11.7 Å². The first-order chi connectivity index (χ1) is 12.1. The molecule has 2 heterocycles. The number of rotatable bonds is 4. The van der Waals surface area contributed by atoms with Gasteiger partial charge in [0, 0.05) is 49.3 Å². The molecule has 2 aromatic rings. The van der Waals surface area contributed by atoms with Crippen LogP contribution >= 0.6 is 11.6 Å². The molecule has 1 atom stereocenters. The van der Waals surface area contributed by atoms with Gasteiger partial charge in [0.15, 0.2) is 5.96 Å². The number of aromatic nitrogens is 1. The summed E-state index contributed by atoms with van der Waals surface area (Å²) in [5.41, 5.74) is 8.05. The number of nitrogens with two attached hydrogens (primary N) is 1. The van der Waals surface area contributed by atoms with Crippen LogP contribution in [0, 0.1) is 0 Å². The molecule has 1 saturated heterocycles. The quantitative estimate of drug-likeness (QED) is 0.644. The van der Waals surface area contributed by atoms with Gasteiger partial charge >= 0.3 is 0 Å². The number of halogens is 1. The van der Waals surface area contributed by atoms with Gasteiger partial charge in [-0.1, -0.05) is 11.6 Å². The standard InChI is InChI=1S/C18H22ClN5O/c19-15-1-3-16(4-2-15)23-9-11-24(12-10-23)18(20)22-13-17(25)14-5-7-21-8-6-14/h1-8,17,25H,9-13H2,(H2,20,22). The summed E-state index contributed by atoms with van der Waals surface area (Å²) in [4.78, 5) is 12.6. The van der Waals surface area contributed by atoms with Crippen LogP contribution in [-0.2, 0) is 0 Å². The number of anilines is 1. The summed E-state index contributed by atoms with van der Waals surface area (Å²) in [5, 5.41) is 10.9. The van der Waals surface area contributed by atoms with Crippen molar-refractivity contribution in [2.24, 2.45) is 10.7 Å². The Kier molecular flexibility index (Phi) is 5.73. The van der Waals surface area contributed by atoms with Crippen LogP contribution in [0.25, 0.3) is 0 Å². The lowest BCUT2D eigenvalue weighted by Gasteiger charge is -2.36. The van der Waals surface area contributed by atoms with Gasteiger partial charge in [0.2, 0.25) is 0 Å². The highest BCUT2D eigenvalue weighted by Crippen LogP contribution is 2.19. The molecular weight excluding hydrogens is 338 g/mol. The Labute approximate surface area is 152 Å². The number of aliphatic imine (C=N–C) groups is 1. The van der Waals surface area contributed by atoms with Gasteiger partial charge in [0.1, 0.15) is 0 Å². The second kappa shape index (κ2) is 8.18. The topological polar surface area (TPSA) is 78.0 Å². The molecule has 0 bridgehead atoms. The smallest absolute Gasteiger partial charge is 0.191 e. The molecule has 3 rings (SSSR count). The van der Waals surface area contributed by atoms with Crippen LogP contribution < -0.4 is 10.6 Å². The maximum Gasteiger partial charge on any atom is 0.191 e. The molecule has 0 saturated carbocycles. The van der Waals surface area contributed by atoms with Crippen molar-refractivity contribution in [2.45, 2.75) is 6.10 Å². The second-order valence-corrected chi connectivity index (χ2v) is 6.38. The summed E-state index contributed by atoms with van der Waals surface area (Å²) in [5.74, 6) is 0.476. The summed E-state index contributed by atoms with van der Waals surface area (Å²) < 4.78 is 0. The van der Waals surface area contributed by atoms with E-state index in [1.54, 1.807) is 24.5 Å². The van der Waals surface area contributed by atoms with Crippen LogP contribution in [0.3, 0.4) is 0 Å². The zero-order valence-corrected chi connectivity index (χ0v) is 14.7. The highest BCUT2D eigenvalue weighted by Gasteiger charge is 2.19. The lowest BCUT2D eigenvalue weighted by atomic mass is 10.1. The van der Waals surface area contributed by atoms with Crippen molar-refractivity contribution in [3.05, 3.63) is 59.4 Å². The molecule has 0 aliphatic carbocycles. The van der Waals surface area contributed by atoms with E-state index < -0.39 is 6.10 Å². The molecule has 1 fully saturated rings. The number of aliphatic hydroxyl groups is 1. The fourth-order valence-corrected chi connectivity index (χ4v) is 2.94. The Hall–Kier alpha value is -2.31. The first-order valence-corrected chi connectivity index (χ1v) is 8.64. The van der Waals surface area contributed by atoms with Crippen molar-refractivity contribution in [2.75, 3.05) is 37.6 Å². The molecule has 6 nitrogen and oxygen atoms in total. The largest absolute Gasteiger partial charge is 0.386 e. The number of benzene rings is 1. The zero-order valence-electron chi connectivity index (χ0n) is 13.9. The van der Waals surface area contributed by atoms with Gasteiger partial charge in [-0.15, -0.1) is 0 Å². The first kappa shape index (κ1) is 17.5. The maximum atomic E-state index is 10.2. The van der Waals surface area contributed by atoms with Gasteiger partial charge in [-0.2, -0.15) is 0 Å². The van der Waals surface area contributed by atoms with Crippen LogP contribution in [-0.4, -0.2) is 53.7 Å². The SMILES string of the molecule is NC(=NCC(O)c1ccncc1)N1CCN(c2ccc(Cl)cc2)CC1. The molecule has 1 aliphatic heterocycles.